The second-order valence-corrected chi connectivity index (χ2v) is 12.6. The molecule has 0 aliphatic rings. The molecule has 106 valence electrons. The summed E-state index contributed by atoms with van der Waals surface area (Å²) in [5, 5.41) is 2.60. The van der Waals surface area contributed by atoms with Crippen LogP contribution in [0.5, 0.6) is 0 Å². The fraction of sp³-hybridized carbons (Fsp3) is 0.158. The molecule has 0 fully saturated rings. The fourth-order valence-corrected chi connectivity index (χ4v) is 5.80. The van der Waals surface area contributed by atoms with E-state index in [4.69, 9.17) is 11.1 Å². The van der Waals surface area contributed by atoms with Crippen molar-refractivity contribution in [2.24, 2.45) is 0 Å². The molecule has 0 N–H and O–H groups in total. The second kappa shape index (κ2) is 5.67. The Hall–Kier alpha value is -1.57. The maximum Gasteiger partial charge on any atom is 0.162 e. The van der Waals surface area contributed by atoms with Gasteiger partial charge in [0.05, 0.1) is 0 Å². The lowest BCUT2D eigenvalue weighted by Crippen LogP contribution is -2.29. The van der Waals surface area contributed by atoms with E-state index in [1.165, 1.54) is 21.9 Å². The van der Waals surface area contributed by atoms with Crippen LogP contribution in [0.4, 0.5) is 0 Å². The van der Waals surface area contributed by atoms with Gasteiger partial charge in [0.2, 0.25) is 0 Å². The first-order chi connectivity index (χ1) is 10.1. The van der Waals surface area contributed by atoms with Crippen LogP contribution in [0.15, 0.2) is 72.8 Å². The van der Waals surface area contributed by atoms with Gasteiger partial charge < -0.3 is 0 Å². The number of hydrogen-bond donors (Lipinski definition) is 0. The molecule has 1 atom stereocenters. The van der Waals surface area contributed by atoms with Crippen molar-refractivity contribution in [3.8, 4) is 0 Å². The van der Waals surface area contributed by atoms with Crippen LogP contribution >= 0.6 is 11.1 Å². The molecule has 0 aromatic heterocycles. The van der Waals surface area contributed by atoms with Crippen molar-refractivity contribution >= 4 is 29.2 Å². The monoisotopic (exact) mass is 310 g/mol. The van der Waals surface area contributed by atoms with E-state index in [1.807, 2.05) is 0 Å². The standard InChI is InChI=1S/C19H19ClSi/c1-21(2,20)19(16-10-4-3-5-11-16)18-14-8-12-15-9-6-7-13-17(15)18/h3-14,19H,1-2H3. The lowest BCUT2D eigenvalue weighted by atomic mass is 9.98. The first kappa shape index (κ1) is 14.4. The Bertz CT molecular complexity index is 739. The van der Waals surface area contributed by atoms with Crippen molar-refractivity contribution < 1.29 is 0 Å². The number of fused-ring (bicyclic) bond motifs is 1. The molecular formula is C19H19ClSi. The average molecular weight is 311 g/mol. The van der Waals surface area contributed by atoms with Gasteiger partial charge in [-0.2, -0.15) is 11.1 Å². The topological polar surface area (TPSA) is 0 Å². The fourth-order valence-electron chi connectivity index (χ4n) is 3.09. The summed E-state index contributed by atoms with van der Waals surface area (Å²) in [5.74, 6) is 0. The molecule has 0 aliphatic carbocycles. The summed E-state index contributed by atoms with van der Waals surface area (Å²) in [6.07, 6.45) is 0. The SMILES string of the molecule is C[Si](C)(Cl)C(c1ccccc1)c1cccc2ccccc12. The zero-order valence-corrected chi connectivity index (χ0v) is 14.1. The first-order valence-electron chi connectivity index (χ1n) is 7.29. The quantitative estimate of drug-likeness (QED) is 0.414. The van der Waals surface area contributed by atoms with Crippen LogP contribution in [-0.2, 0) is 0 Å². The lowest BCUT2D eigenvalue weighted by molar-refractivity contribution is 1.11. The van der Waals surface area contributed by atoms with Gasteiger partial charge in [-0.25, -0.2) is 0 Å². The maximum atomic E-state index is 6.91. The number of rotatable bonds is 3. The van der Waals surface area contributed by atoms with Crippen LogP contribution in [-0.4, -0.2) is 7.38 Å². The van der Waals surface area contributed by atoms with Crippen LogP contribution in [0, 0.1) is 0 Å². The van der Waals surface area contributed by atoms with Crippen LogP contribution in [0.3, 0.4) is 0 Å². The molecule has 3 aromatic carbocycles. The molecule has 0 nitrogen and oxygen atoms in total. The van der Waals surface area contributed by atoms with Gasteiger partial charge in [0.15, 0.2) is 7.38 Å². The first-order valence-corrected chi connectivity index (χ1v) is 11.4. The Balaban J connectivity index is 2.25. The van der Waals surface area contributed by atoms with Crippen LogP contribution in [0.2, 0.25) is 13.1 Å². The summed E-state index contributed by atoms with van der Waals surface area (Å²) < 4.78 is 0. The summed E-state index contributed by atoms with van der Waals surface area (Å²) in [4.78, 5) is 0. The molecule has 0 heterocycles. The van der Waals surface area contributed by atoms with Gasteiger partial charge >= 0.3 is 0 Å². The van der Waals surface area contributed by atoms with Gasteiger partial charge in [0.1, 0.15) is 0 Å². The minimum atomic E-state index is -1.91. The molecule has 0 spiro atoms. The van der Waals surface area contributed by atoms with Gasteiger partial charge in [-0.1, -0.05) is 85.9 Å². The van der Waals surface area contributed by atoms with E-state index >= 15 is 0 Å². The molecule has 0 bridgehead atoms. The van der Waals surface area contributed by atoms with E-state index in [1.54, 1.807) is 0 Å². The number of benzene rings is 3. The van der Waals surface area contributed by atoms with Crippen molar-refractivity contribution in [1.29, 1.82) is 0 Å². The number of halogens is 1. The van der Waals surface area contributed by atoms with Gasteiger partial charge in [-0.15, -0.1) is 0 Å². The zero-order chi connectivity index (χ0) is 14.9. The van der Waals surface area contributed by atoms with E-state index in [2.05, 4.69) is 85.9 Å². The Labute approximate surface area is 132 Å². The third-order valence-electron chi connectivity index (χ3n) is 3.95. The van der Waals surface area contributed by atoms with E-state index < -0.39 is 7.38 Å². The van der Waals surface area contributed by atoms with E-state index in [9.17, 15) is 0 Å². The highest BCUT2D eigenvalue weighted by Gasteiger charge is 2.33. The van der Waals surface area contributed by atoms with E-state index in [-0.39, 0.29) is 0 Å². The molecule has 0 saturated carbocycles. The Morgan fingerprint density at radius 3 is 2.10 bits per heavy atom. The Morgan fingerprint density at radius 1 is 0.762 bits per heavy atom. The van der Waals surface area contributed by atoms with Crippen molar-refractivity contribution in [2.45, 2.75) is 18.6 Å². The van der Waals surface area contributed by atoms with Crippen LogP contribution < -0.4 is 0 Å². The summed E-state index contributed by atoms with van der Waals surface area (Å²) in [7, 11) is -1.91. The molecule has 3 aromatic rings. The van der Waals surface area contributed by atoms with Crippen molar-refractivity contribution in [3.63, 3.8) is 0 Å². The minimum absolute atomic E-state index is 0.298. The molecule has 2 heteroatoms. The van der Waals surface area contributed by atoms with Crippen molar-refractivity contribution in [1.82, 2.24) is 0 Å². The van der Waals surface area contributed by atoms with Crippen molar-refractivity contribution in [3.05, 3.63) is 83.9 Å². The molecule has 0 radical (unpaired) electrons. The molecule has 21 heavy (non-hydrogen) atoms. The highest BCUT2D eigenvalue weighted by molar-refractivity contribution is 7.20. The third-order valence-corrected chi connectivity index (χ3v) is 6.63. The zero-order valence-electron chi connectivity index (χ0n) is 12.4. The Kier molecular flexibility index (Phi) is 3.88. The number of hydrogen-bond acceptors (Lipinski definition) is 0. The molecule has 3 rings (SSSR count). The Morgan fingerprint density at radius 2 is 1.38 bits per heavy atom. The van der Waals surface area contributed by atoms with Crippen LogP contribution in [0.1, 0.15) is 16.7 Å². The predicted molar refractivity (Wildman–Crippen MR) is 95.6 cm³/mol. The van der Waals surface area contributed by atoms with Crippen molar-refractivity contribution in [2.75, 3.05) is 0 Å². The van der Waals surface area contributed by atoms with Gasteiger partial charge in [0.25, 0.3) is 0 Å². The minimum Gasteiger partial charge on any atom is -0.167 e. The third kappa shape index (κ3) is 2.90. The molecule has 0 aliphatic heterocycles. The van der Waals surface area contributed by atoms with Gasteiger partial charge in [-0.3, -0.25) is 0 Å². The molecule has 0 saturated heterocycles. The molecule has 1 unspecified atom stereocenters. The molecular weight excluding hydrogens is 292 g/mol. The maximum absolute atomic E-state index is 6.91. The predicted octanol–water partition coefficient (Wildman–Crippen LogP) is 5.95. The summed E-state index contributed by atoms with van der Waals surface area (Å²) in [5.41, 5.74) is 2.97. The smallest absolute Gasteiger partial charge is 0.162 e. The van der Waals surface area contributed by atoms with Crippen LogP contribution in [0.25, 0.3) is 10.8 Å². The molecule has 0 amide bonds. The van der Waals surface area contributed by atoms with Gasteiger partial charge in [0, 0.05) is 5.54 Å². The normalized spacial score (nSPS) is 13.3. The summed E-state index contributed by atoms with van der Waals surface area (Å²) in [6, 6.07) is 25.8. The summed E-state index contributed by atoms with van der Waals surface area (Å²) in [6.45, 7) is 4.46. The van der Waals surface area contributed by atoms with E-state index in [0.717, 1.165) is 0 Å². The highest BCUT2D eigenvalue weighted by Crippen LogP contribution is 2.39. The second-order valence-electron chi connectivity index (χ2n) is 5.98. The van der Waals surface area contributed by atoms with Gasteiger partial charge in [-0.05, 0) is 21.9 Å². The lowest BCUT2D eigenvalue weighted by Gasteiger charge is -2.28. The largest absolute Gasteiger partial charge is 0.167 e. The van der Waals surface area contributed by atoms with E-state index in [0.29, 0.717) is 5.54 Å². The summed E-state index contributed by atoms with van der Waals surface area (Å²) >= 11 is 6.91. The highest BCUT2D eigenvalue weighted by atomic mass is 35.6. The average Bonchev–Trinajstić information content (AvgIpc) is 2.47.